The lowest BCUT2D eigenvalue weighted by Gasteiger charge is -2.05. The third-order valence-corrected chi connectivity index (χ3v) is 5.98. The summed E-state index contributed by atoms with van der Waals surface area (Å²) in [5.41, 5.74) is 1.45. The Kier molecular flexibility index (Phi) is 4.07. The highest BCUT2D eigenvalue weighted by Crippen LogP contribution is 2.45. The standard InChI is InChI=1S/C13H11BrCl2N2O2S/c14-10-4-2-1-3-9(10)7-18-13(15)12(21(16,19)20)11(17-18)8-5-6-8/h1-4,8H,5-7H2. The van der Waals surface area contributed by atoms with Crippen molar-refractivity contribution in [3.63, 3.8) is 0 Å². The Bertz CT molecular complexity index is 800. The Morgan fingerprint density at radius 2 is 2.00 bits per heavy atom. The summed E-state index contributed by atoms with van der Waals surface area (Å²) in [5, 5.41) is 4.45. The van der Waals surface area contributed by atoms with Crippen LogP contribution < -0.4 is 0 Å². The van der Waals surface area contributed by atoms with E-state index in [0.717, 1.165) is 22.9 Å². The Labute approximate surface area is 140 Å². The first kappa shape index (κ1) is 15.3. The van der Waals surface area contributed by atoms with Gasteiger partial charge in [0.1, 0.15) is 10.0 Å². The fourth-order valence-corrected chi connectivity index (χ4v) is 4.43. The van der Waals surface area contributed by atoms with Gasteiger partial charge in [0, 0.05) is 21.1 Å². The third-order valence-electron chi connectivity index (χ3n) is 3.36. The van der Waals surface area contributed by atoms with Crippen molar-refractivity contribution in [2.75, 3.05) is 0 Å². The van der Waals surface area contributed by atoms with Crippen molar-refractivity contribution in [2.45, 2.75) is 30.2 Å². The van der Waals surface area contributed by atoms with E-state index in [4.69, 9.17) is 22.3 Å². The number of rotatable bonds is 4. The monoisotopic (exact) mass is 408 g/mol. The molecule has 112 valence electrons. The highest BCUT2D eigenvalue weighted by molar-refractivity contribution is 9.10. The minimum Gasteiger partial charge on any atom is -0.248 e. The van der Waals surface area contributed by atoms with Crippen LogP contribution in [0.1, 0.15) is 30.0 Å². The molecule has 4 nitrogen and oxygen atoms in total. The fourth-order valence-electron chi connectivity index (χ4n) is 2.18. The minimum absolute atomic E-state index is 0.0413. The van der Waals surface area contributed by atoms with Crippen LogP contribution >= 0.6 is 38.2 Å². The van der Waals surface area contributed by atoms with E-state index in [1.165, 1.54) is 4.68 Å². The van der Waals surface area contributed by atoms with Gasteiger partial charge in [0.15, 0.2) is 0 Å². The predicted octanol–water partition coefficient (Wildman–Crippen LogP) is 4.15. The lowest BCUT2D eigenvalue weighted by atomic mass is 10.2. The molecule has 1 fully saturated rings. The average Bonchev–Trinajstić information content (AvgIpc) is 3.17. The summed E-state index contributed by atoms with van der Waals surface area (Å²) < 4.78 is 25.9. The molecule has 0 aliphatic heterocycles. The van der Waals surface area contributed by atoms with E-state index in [0.29, 0.717) is 12.2 Å². The first-order valence-corrected chi connectivity index (χ1v) is 9.80. The van der Waals surface area contributed by atoms with Gasteiger partial charge in [0.2, 0.25) is 0 Å². The number of hydrogen-bond donors (Lipinski definition) is 0. The second-order valence-corrected chi connectivity index (χ2v) is 8.68. The van der Waals surface area contributed by atoms with Crippen molar-refractivity contribution in [1.82, 2.24) is 9.78 Å². The Balaban J connectivity index is 2.06. The summed E-state index contributed by atoms with van der Waals surface area (Å²) in [4.78, 5) is -0.0413. The van der Waals surface area contributed by atoms with Gasteiger partial charge < -0.3 is 0 Å². The van der Waals surface area contributed by atoms with Crippen molar-refractivity contribution in [3.8, 4) is 0 Å². The van der Waals surface area contributed by atoms with Crippen LogP contribution in [0.2, 0.25) is 5.15 Å². The maximum atomic E-state index is 11.8. The van der Waals surface area contributed by atoms with Gasteiger partial charge >= 0.3 is 0 Å². The zero-order valence-electron chi connectivity index (χ0n) is 10.8. The van der Waals surface area contributed by atoms with E-state index in [-0.39, 0.29) is 16.0 Å². The molecule has 0 radical (unpaired) electrons. The van der Waals surface area contributed by atoms with Crippen molar-refractivity contribution >= 4 is 47.3 Å². The first-order chi connectivity index (χ1) is 9.88. The molecule has 0 amide bonds. The largest absolute Gasteiger partial charge is 0.266 e. The molecule has 2 aromatic rings. The SMILES string of the molecule is O=S(=O)(Cl)c1c(C2CC2)nn(Cc2ccccc2Br)c1Cl. The van der Waals surface area contributed by atoms with Gasteiger partial charge in [-0.2, -0.15) is 5.10 Å². The molecule has 0 spiro atoms. The van der Waals surface area contributed by atoms with Crippen LogP contribution in [-0.4, -0.2) is 18.2 Å². The number of aromatic nitrogens is 2. The summed E-state index contributed by atoms with van der Waals surface area (Å²) in [6, 6.07) is 7.64. The highest BCUT2D eigenvalue weighted by Gasteiger charge is 2.36. The topological polar surface area (TPSA) is 52.0 Å². The van der Waals surface area contributed by atoms with Crippen LogP contribution in [0.3, 0.4) is 0 Å². The van der Waals surface area contributed by atoms with Gasteiger partial charge in [-0.3, -0.25) is 0 Å². The van der Waals surface area contributed by atoms with E-state index >= 15 is 0 Å². The minimum atomic E-state index is -3.91. The number of halogens is 3. The molecule has 0 atom stereocenters. The molecular formula is C13H11BrCl2N2O2S. The second-order valence-electron chi connectivity index (χ2n) is 4.97. The molecule has 1 aromatic heterocycles. The average molecular weight is 410 g/mol. The summed E-state index contributed by atoms with van der Waals surface area (Å²) in [6.07, 6.45) is 1.84. The molecule has 1 heterocycles. The highest BCUT2D eigenvalue weighted by atomic mass is 79.9. The molecule has 0 bridgehead atoms. The molecule has 1 aliphatic carbocycles. The van der Waals surface area contributed by atoms with Crippen molar-refractivity contribution in [2.24, 2.45) is 0 Å². The number of benzene rings is 1. The van der Waals surface area contributed by atoms with Crippen LogP contribution in [0, 0.1) is 0 Å². The smallest absolute Gasteiger partial charge is 0.248 e. The molecular weight excluding hydrogens is 399 g/mol. The molecule has 1 aliphatic rings. The summed E-state index contributed by atoms with van der Waals surface area (Å²) in [5.74, 6) is 0.145. The van der Waals surface area contributed by atoms with Gasteiger partial charge in [-0.25, -0.2) is 13.1 Å². The lowest BCUT2D eigenvalue weighted by molar-refractivity contribution is 0.608. The lowest BCUT2D eigenvalue weighted by Crippen LogP contribution is -2.03. The number of nitrogens with zero attached hydrogens (tertiary/aromatic N) is 2. The van der Waals surface area contributed by atoms with E-state index in [2.05, 4.69) is 21.0 Å². The van der Waals surface area contributed by atoms with Crippen LogP contribution in [0.4, 0.5) is 0 Å². The van der Waals surface area contributed by atoms with Gasteiger partial charge in [-0.1, -0.05) is 45.7 Å². The quantitative estimate of drug-likeness (QED) is 0.712. The summed E-state index contributed by atoms with van der Waals surface area (Å²) >= 11 is 9.67. The van der Waals surface area contributed by atoms with E-state index < -0.39 is 9.05 Å². The van der Waals surface area contributed by atoms with E-state index in [1.54, 1.807) is 0 Å². The van der Waals surface area contributed by atoms with Gasteiger partial charge in [-0.15, -0.1) is 0 Å². The van der Waals surface area contributed by atoms with Crippen molar-refractivity contribution in [1.29, 1.82) is 0 Å². The summed E-state index contributed by atoms with van der Waals surface area (Å²) in [6.45, 7) is 0.381. The second kappa shape index (κ2) is 5.57. The van der Waals surface area contributed by atoms with Gasteiger partial charge in [0.05, 0.1) is 12.2 Å². The molecule has 0 saturated heterocycles. The van der Waals surface area contributed by atoms with Gasteiger partial charge in [0.25, 0.3) is 9.05 Å². The zero-order valence-corrected chi connectivity index (χ0v) is 14.7. The summed E-state index contributed by atoms with van der Waals surface area (Å²) in [7, 11) is 1.61. The Morgan fingerprint density at radius 1 is 1.33 bits per heavy atom. The van der Waals surface area contributed by atoms with E-state index in [9.17, 15) is 8.42 Å². The molecule has 21 heavy (non-hydrogen) atoms. The van der Waals surface area contributed by atoms with Crippen molar-refractivity contribution in [3.05, 3.63) is 45.1 Å². The van der Waals surface area contributed by atoms with Crippen LogP contribution in [0.15, 0.2) is 33.6 Å². The molecule has 3 rings (SSSR count). The van der Waals surface area contributed by atoms with E-state index in [1.807, 2.05) is 24.3 Å². The number of hydrogen-bond acceptors (Lipinski definition) is 3. The van der Waals surface area contributed by atoms with Crippen LogP contribution in [-0.2, 0) is 15.6 Å². The zero-order chi connectivity index (χ0) is 15.2. The van der Waals surface area contributed by atoms with Crippen LogP contribution in [0.25, 0.3) is 0 Å². The Hall–Kier alpha value is -0.560. The van der Waals surface area contributed by atoms with Crippen LogP contribution in [0.5, 0.6) is 0 Å². The Morgan fingerprint density at radius 3 is 2.57 bits per heavy atom. The fraction of sp³-hybridized carbons (Fsp3) is 0.308. The first-order valence-electron chi connectivity index (χ1n) is 6.32. The van der Waals surface area contributed by atoms with Crippen molar-refractivity contribution < 1.29 is 8.42 Å². The molecule has 1 saturated carbocycles. The van der Waals surface area contributed by atoms with Gasteiger partial charge in [-0.05, 0) is 24.5 Å². The molecule has 0 N–H and O–H groups in total. The molecule has 8 heteroatoms. The molecule has 0 unspecified atom stereocenters. The maximum Gasteiger partial charge on any atom is 0.266 e. The predicted molar refractivity (Wildman–Crippen MR) is 85.5 cm³/mol. The third kappa shape index (κ3) is 3.13. The molecule has 1 aromatic carbocycles. The normalized spacial score (nSPS) is 15.4. The maximum absolute atomic E-state index is 11.8.